The summed E-state index contributed by atoms with van der Waals surface area (Å²) in [5.41, 5.74) is 0.595. The molecule has 2 heterocycles. The number of rotatable bonds is 2. The van der Waals surface area contributed by atoms with Crippen molar-refractivity contribution >= 4 is 33.3 Å². The van der Waals surface area contributed by atoms with Crippen molar-refractivity contribution in [3.05, 3.63) is 34.5 Å². The Bertz CT molecular complexity index is 755. The molecule has 22 heavy (non-hydrogen) atoms. The first-order valence-electron chi connectivity index (χ1n) is 7.22. The zero-order chi connectivity index (χ0) is 15.9. The number of carbonyl (C=O) groups is 2. The third-order valence-electron chi connectivity index (χ3n) is 4.15. The number of halogens is 1. The minimum atomic E-state index is -0.974. The fourth-order valence-electron chi connectivity index (χ4n) is 3.02. The van der Waals surface area contributed by atoms with Crippen molar-refractivity contribution in [2.75, 3.05) is 6.54 Å². The summed E-state index contributed by atoms with van der Waals surface area (Å²) >= 11 is 1.23. The van der Waals surface area contributed by atoms with Crippen molar-refractivity contribution in [3.63, 3.8) is 0 Å². The summed E-state index contributed by atoms with van der Waals surface area (Å²) < 4.78 is 14.7. The summed E-state index contributed by atoms with van der Waals surface area (Å²) in [6, 6.07) is 3.98. The highest BCUT2D eigenvalue weighted by molar-refractivity contribution is 7.21. The molecule has 1 fully saturated rings. The molecule has 0 radical (unpaired) electrons. The maximum atomic E-state index is 14.0. The second-order valence-electron chi connectivity index (χ2n) is 5.52. The minimum absolute atomic E-state index is 0.301. The number of thiophene rings is 1. The van der Waals surface area contributed by atoms with Gasteiger partial charge in [0, 0.05) is 16.6 Å². The highest BCUT2D eigenvalue weighted by Gasteiger charge is 2.34. The molecule has 1 aromatic carbocycles. The van der Waals surface area contributed by atoms with E-state index in [0.717, 1.165) is 12.8 Å². The predicted molar refractivity (Wildman–Crippen MR) is 82.8 cm³/mol. The van der Waals surface area contributed by atoms with Crippen LogP contribution in [-0.4, -0.2) is 34.5 Å². The first-order chi connectivity index (χ1) is 10.5. The molecule has 1 aliphatic rings. The highest BCUT2D eigenvalue weighted by atomic mass is 32.1. The maximum Gasteiger partial charge on any atom is 0.326 e. The Hall–Kier alpha value is -1.95. The highest BCUT2D eigenvalue weighted by Crippen LogP contribution is 2.34. The average Bonchev–Trinajstić information content (AvgIpc) is 2.85. The number of nitrogens with zero attached hydrogens (tertiary/aromatic N) is 1. The van der Waals surface area contributed by atoms with Crippen LogP contribution in [0.5, 0.6) is 0 Å². The van der Waals surface area contributed by atoms with Crippen molar-refractivity contribution in [2.45, 2.75) is 32.2 Å². The van der Waals surface area contributed by atoms with Crippen molar-refractivity contribution in [1.29, 1.82) is 0 Å². The van der Waals surface area contributed by atoms with Crippen LogP contribution < -0.4 is 0 Å². The number of hydrogen-bond donors (Lipinski definition) is 1. The summed E-state index contributed by atoms with van der Waals surface area (Å²) in [5, 5.41) is 9.77. The van der Waals surface area contributed by atoms with Gasteiger partial charge in [-0.15, -0.1) is 11.3 Å². The second kappa shape index (κ2) is 5.68. The van der Waals surface area contributed by atoms with Crippen LogP contribution in [0.25, 0.3) is 10.1 Å². The van der Waals surface area contributed by atoms with Crippen molar-refractivity contribution in [3.8, 4) is 0 Å². The van der Waals surface area contributed by atoms with Crippen LogP contribution in [0, 0.1) is 12.7 Å². The number of carboxylic acids is 1. The summed E-state index contributed by atoms with van der Waals surface area (Å²) in [6.45, 7) is 2.15. The number of piperidine rings is 1. The van der Waals surface area contributed by atoms with E-state index < -0.39 is 12.0 Å². The molecule has 0 aliphatic carbocycles. The molecule has 1 N–H and O–H groups in total. The summed E-state index contributed by atoms with van der Waals surface area (Å²) in [5.74, 6) is -1.62. The molecule has 2 aromatic rings. The van der Waals surface area contributed by atoms with Crippen molar-refractivity contribution < 1.29 is 19.1 Å². The Kier molecular flexibility index (Phi) is 3.87. The Morgan fingerprint density at radius 1 is 1.36 bits per heavy atom. The van der Waals surface area contributed by atoms with E-state index in [4.69, 9.17) is 0 Å². The number of likely N-dealkylation sites (tertiary alicyclic amines) is 1. The lowest BCUT2D eigenvalue weighted by Crippen LogP contribution is -2.47. The van der Waals surface area contributed by atoms with E-state index >= 15 is 0 Å². The molecule has 4 nitrogen and oxygen atoms in total. The van der Waals surface area contributed by atoms with Gasteiger partial charge in [-0.05, 0) is 43.9 Å². The first-order valence-corrected chi connectivity index (χ1v) is 8.03. The summed E-state index contributed by atoms with van der Waals surface area (Å²) in [4.78, 5) is 26.0. The van der Waals surface area contributed by atoms with Gasteiger partial charge in [0.2, 0.25) is 0 Å². The van der Waals surface area contributed by atoms with E-state index in [1.54, 1.807) is 19.1 Å². The Balaban J connectivity index is 2.03. The van der Waals surface area contributed by atoms with Crippen LogP contribution >= 0.6 is 11.3 Å². The van der Waals surface area contributed by atoms with Gasteiger partial charge in [0.1, 0.15) is 11.9 Å². The Labute approximate surface area is 131 Å². The lowest BCUT2D eigenvalue weighted by atomic mass is 10.0. The first kappa shape index (κ1) is 15.0. The molecule has 1 amide bonds. The number of hydrogen-bond acceptors (Lipinski definition) is 3. The molecule has 0 spiro atoms. The number of carboxylic acid groups (broad SMARTS) is 1. The molecule has 0 bridgehead atoms. The van der Waals surface area contributed by atoms with Crippen LogP contribution in [0.4, 0.5) is 4.39 Å². The third-order valence-corrected chi connectivity index (χ3v) is 5.39. The summed E-state index contributed by atoms with van der Waals surface area (Å²) in [7, 11) is 0. The maximum absolute atomic E-state index is 14.0. The molecule has 0 saturated carbocycles. The van der Waals surface area contributed by atoms with Crippen LogP contribution in [0.3, 0.4) is 0 Å². The number of aryl methyl sites for hydroxylation is 1. The zero-order valence-corrected chi connectivity index (χ0v) is 13.0. The normalized spacial score (nSPS) is 18.6. The van der Waals surface area contributed by atoms with E-state index in [-0.39, 0.29) is 11.7 Å². The van der Waals surface area contributed by atoms with Crippen molar-refractivity contribution in [2.24, 2.45) is 0 Å². The van der Waals surface area contributed by atoms with Crippen LogP contribution in [-0.2, 0) is 4.79 Å². The average molecular weight is 321 g/mol. The number of fused-ring (bicyclic) bond motifs is 1. The molecule has 1 aromatic heterocycles. The number of benzene rings is 1. The van der Waals surface area contributed by atoms with Gasteiger partial charge >= 0.3 is 5.97 Å². The predicted octanol–water partition coefficient (Wildman–Crippen LogP) is 3.43. The van der Waals surface area contributed by atoms with E-state index in [1.165, 1.54) is 22.3 Å². The van der Waals surface area contributed by atoms with Gasteiger partial charge in [0.05, 0.1) is 4.88 Å². The van der Waals surface area contributed by atoms with E-state index in [2.05, 4.69) is 0 Å². The van der Waals surface area contributed by atoms with Gasteiger partial charge in [-0.1, -0.05) is 6.07 Å². The number of aliphatic carboxylic acids is 1. The second-order valence-corrected chi connectivity index (χ2v) is 6.57. The molecule has 1 saturated heterocycles. The standard InChI is InChI=1S/C16H16FNO3S/c1-9-13-10(17)5-4-7-12(13)22-14(9)15(19)18-8-3-2-6-11(18)16(20)21/h4-5,7,11H,2-3,6,8H2,1H3,(H,20,21)/t11-/m1/s1. The lowest BCUT2D eigenvalue weighted by molar-refractivity contribution is -0.143. The molecule has 1 atom stereocenters. The molecule has 116 valence electrons. The summed E-state index contributed by atoms with van der Waals surface area (Å²) in [6.07, 6.45) is 2.08. The third kappa shape index (κ3) is 2.37. The minimum Gasteiger partial charge on any atom is -0.480 e. The smallest absolute Gasteiger partial charge is 0.326 e. The van der Waals surface area contributed by atoms with E-state index in [9.17, 15) is 19.1 Å². The lowest BCUT2D eigenvalue weighted by Gasteiger charge is -2.32. The number of carbonyl (C=O) groups excluding carboxylic acids is 1. The van der Waals surface area contributed by atoms with Gasteiger partial charge in [0.25, 0.3) is 5.91 Å². The molecule has 1 aliphatic heterocycles. The van der Waals surface area contributed by atoms with E-state index in [0.29, 0.717) is 33.5 Å². The monoisotopic (exact) mass is 321 g/mol. The molecule has 3 rings (SSSR count). The van der Waals surface area contributed by atoms with Crippen molar-refractivity contribution in [1.82, 2.24) is 4.90 Å². The largest absolute Gasteiger partial charge is 0.480 e. The van der Waals surface area contributed by atoms with Crippen LogP contribution in [0.1, 0.15) is 34.5 Å². The van der Waals surface area contributed by atoms with Crippen LogP contribution in [0.2, 0.25) is 0 Å². The molecular formula is C16H16FNO3S. The fourth-order valence-corrected chi connectivity index (χ4v) is 4.20. The van der Waals surface area contributed by atoms with Gasteiger partial charge < -0.3 is 10.0 Å². The van der Waals surface area contributed by atoms with Gasteiger partial charge in [-0.3, -0.25) is 4.79 Å². The van der Waals surface area contributed by atoms with Gasteiger partial charge in [0.15, 0.2) is 0 Å². The van der Waals surface area contributed by atoms with Gasteiger partial charge in [-0.25, -0.2) is 9.18 Å². The van der Waals surface area contributed by atoms with E-state index in [1.807, 2.05) is 0 Å². The fraction of sp³-hybridized carbons (Fsp3) is 0.375. The molecule has 6 heteroatoms. The Morgan fingerprint density at radius 2 is 2.14 bits per heavy atom. The molecular weight excluding hydrogens is 305 g/mol. The Morgan fingerprint density at radius 3 is 2.82 bits per heavy atom. The van der Waals surface area contributed by atoms with Gasteiger partial charge in [-0.2, -0.15) is 0 Å². The SMILES string of the molecule is Cc1c(C(=O)N2CCCC[C@@H]2C(=O)O)sc2cccc(F)c12. The van der Waals surface area contributed by atoms with Crippen LogP contribution in [0.15, 0.2) is 18.2 Å². The quantitative estimate of drug-likeness (QED) is 0.922. The number of amides is 1. The topological polar surface area (TPSA) is 57.6 Å². The molecule has 0 unspecified atom stereocenters. The zero-order valence-electron chi connectivity index (χ0n) is 12.1.